The monoisotopic (exact) mass is 307 g/mol. The molecule has 1 amide bonds. The van der Waals surface area contributed by atoms with E-state index in [0.717, 1.165) is 5.56 Å². The number of halogens is 1. The highest BCUT2D eigenvalue weighted by molar-refractivity contribution is 6.30. The molecule has 21 heavy (non-hydrogen) atoms. The maximum Gasteiger partial charge on any atom is 0.255 e. The Labute approximate surface area is 128 Å². The number of hydrogen-bond donors (Lipinski definition) is 3. The highest BCUT2D eigenvalue weighted by Crippen LogP contribution is 2.23. The maximum atomic E-state index is 12.2. The summed E-state index contributed by atoms with van der Waals surface area (Å²) in [5.41, 5.74) is 1.94. The van der Waals surface area contributed by atoms with E-state index in [9.17, 15) is 4.79 Å². The van der Waals surface area contributed by atoms with Crippen LogP contribution in [0.1, 0.15) is 23.7 Å². The Morgan fingerprint density at radius 3 is 3.05 bits per heavy atom. The zero-order valence-electron chi connectivity index (χ0n) is 11.8. The molecular formula is C15H18ClN3O2. The number of hydrogen-bond acceptors (Lipinski definition) is 3. The summed E-state index contributed by atoms with van der Waals surface area (Å²) in [6.45, 7) is 2.61. The number of nitrogens with zero attached hydrogens (tertiary/aromatic N) is 1. The molecule has 0 aliphatic heterocycles. The molecule has 2 aromatic rings. The number of H-pyrrole nitrogens is 1. The average Bonchev–Trinajstić information content (AvgIpc) is 2.94. The lowest BCUT2D eigenvalue weighted by Gasteiger charge is -2.11. The molecule has 3 N–H and O–H groups in total. The lowest BCUT2D eigenvalue weighted by molar-refractivity contribution is 0.0946. The van der Waals surface area contributed by atoms with E-state index in [2.05, 4.69) is 15.5 Å². The molecule has 0 spiro atoms. The molecule has 0 aliphatic carbocycles. The van der Waals surface area contributed by atoms with Gasteiger partial charge in [0.15, 0.2) is 0 Å². The summed E-state index contributed by atoms with van der Waals surface area (Å²) in [5, 5.41) is 19.1. The lowest BCUT2D eigenvalue weighted by atomic mass is 10.1. The van der Waals surface area contributed by atoms with Crippen molar-refractivity contribution in [2.24, 2.45) is 5.92 Å². The van der Waals surface area contributed by atoms with Crippen molar-refractivity contribution in [3.63, 3.8) is 0 Å². The van der Waals surface area contributed by atoms with Crippen LogP contribution in [0.5, 0.6) is 0 Å². The van der Waals surface area contributed by atoms with Gasteiger partial charge >= 0.3 is 0 Å². The van der Waals surface area contributed by atoms with Crippen LogP contribution < -0.4 is 5.32 Å². The molecule has 0 radical (unpaired) electrons. The minimum Gasteiger partial charge on any atom is -0.396 e. The average molecular weight is 308 g/mol. The first-order chi connectivity index (χ1) is 10.1. The largest absolute Gasteiger partial charge is 0.396 e. The molecule has 0 fully saturated rings. The van der Waals surface area contributed by atoms with Gasteiger partial charge in [-0.3, -0.25) is 9.89 Å². The fourth-order valence-electron chi connectivity index (χ4n) is 2.01. The van der Waals surface area contributed by atoms with Crippen LogP contribution in [0.2, 0.25) is 5.02 Å². The van der Waals surface area contributed by atoms with Crippen LogP contribution in [0, 0.1) is 5.92 Å². The van der Waals surface area contributed by atoms with E-state index in [0.29, 0.717) is 29.2 Å². The van der Waals surface area contributed by atoms with Crippen LogP contribution in [-0.4, -0.2) is 34.4 Å². The van der Waals surface area contributed by atoms with Gasteiger partial charge in [0.05, 0.1) is 17.5 Å². The summed E-state index contributed by atoms with van der Waals surface area (Å²) in [4.78, 5) is 12.2. The van der Waals surface area contributed by atoms with Crippen LogP contribution in [0.15, 0.2) is 30.5 Å². The van der Waals surface area contributed by atoms with E-state index in [1.165, 1.54) is 6.20 Å². The smallest absolute Gasteiger partial charge is 0.255 e. The number of rotatable bonds is 6. The summed E-state index contributed by atoms with van der Waals surface area (Å²) in [6.07, 6.45) is 2.16. The number of aromatic nitrogens is 2. The second-order valence-corrected chi connectivity index (χ2v) is 5.43. The van der Waals surface area contributed by atoms with E-state index in [-0.39, 0.29) is 18.4 Å². The van der Waals surface area contributed by atoms with Gasteiger partial charge < -0.3 is 10.4 Å². The molecule has 1 heterocycles. The summed E-state index contributed by atoms with van der Waals surface area (Å²) >= 11 is 5.97. The third-order valence-corrected chi connectivity index (χ3v) is 3.47. The Balaban J connectivity index is 2.11. The molecule has 112 valence electrons. The number of benzene rings is 1. The molecule has 0 saturated heterocycles. The minimum atomic E-state index is -0.191. The molecule has 0 bridgehead atoms. The van der Waals surface area contributed by atoms with Gasteiger partial charge in [-0.2, -0.15) is 5.10 Å². The van der Waals surface area contributed by atoms with Crippen LogP contribution in [-0.2, 0) is 0 Å². The van der Waals surface area contributed by atoms with Crippen molar-refractivity contribution >= 4 is 17.5 Å². The predicted molar refractivity (Wildman–Crippen MR) is 82.2 cm³/mol. The number of carbonyl (C=O) groups excluding carboxylic acids is 1. The summed E-state index contributed by atoms with van der Waals surface area (Å²) < 4.78 is 0. The Morgan fingerprint density at radius 1 is 1.52 bits per heavy atom. The fourth-order valence-corrected chi connectivity index (χ4v) is 2.20. The van der Waals surface area contributed by atoms with E-state index in [1.54, 1.807) is 12.1 Å². The van der Waals surface area contributed by atoms with Gasteiger partial charge in [0, 0.05) is 23.7 Å². The van der Waals surface area contributed by atoms with Gasteiger partial charge in [0.2, 0.25) is 0 Å². The number of aliphatic hydroxyl groups is 1. The molecule has 6 heteroatoms. The highest BCUT2D eigenvalue weighted by Gasteiger charge is 2.15. The first-order valence-electron chi connectivity index (χ1n) is 6.80. The Morgan fingerprint density at radius 2 is 2.33 bits per heavy atom. The molecule has 2 rings (SSSR count). The van der Waals surface area contributed by atoms with E-state index >= 15 is 0 Å². The molecule has 1 unspecified atom stereocenters. The van der Waals surface area contributed by atoms with Crippen molar-refractivity contribution in [2.75, 3.05) is 13.2 Å². The Bertz CT molecular complexity index is 612. The number of carbonyl (C=O) groups is 1. The zero-order valence-corrected chi connectivity index (χ0v) is 12.5. The van der Waals surface area contributed by atoms with Crippen molar-refractivity contribution in [1.82, 2.24) is 15.5 Å². The van der Waals surface area contributed by atoms with Crippen molar-refractivity contribution in [3.05, 3.63) is 41.0 Å². The fraction of sp³-hybridized carbons (Fsp3) is 0.333. The van der Waals surface area contributed by atoms with Crippen molar-refractivity contribution in [3.8, 4) is 11.3 Å². The standard InChI is InChI=1S/C15H18ClN3O2/c1-10(5-6-20)8-17-15(21)13-9-18-19-14(13)11-3-2-4-12(16)7-11/h2-4,7,9-10,20H,5-6,8H2,1H3,(H,17,21)(H,18,19). The second-order valence-electron chi connectivity index (χ2n) is 5.00. The lowest BCUT2D eigenvalue weighted by Crippen LogP contribution is -2.28. The third kappa shape index (κ3) is 4.06. The summed E-state index contributed by atoms with van der Waals surface area (Å²) in [7, 11) is 0. The number of nitrogens with one attached hydrogen (secondary N) is 2. The van der Waals surface area contributed by atoms with Crippen LogP contribution in [0.3, 0.4) is 0 Å². The van der Waals surface area contributed by atoms with E-state index in [4.69, 9.17) is 16.7 Å². The second kappa shape index (κ2) is 7.24. The van der Waals surface area contributed by atoms with Crippen LogP contribution in [0.25, 0.3) is 11.3 Å². The number of amides is 1. The van der Waals surface area contributed by atoms with E-state index < -0.39 is 0 Å². The predicted octanol–water partition coefficient (Wildman–Crippen LogP) is 2.48. The van der Waals surface area contributed by atoms with Crippen molar-refractivity contribution in [2.45, 2.75) is 13.3 Å². The SMILES string of the molecule is CC(CCO)CNC(=O)c1cn[nH]c1-c1cccc(Cl)c1. The molecule has 5 nitrogen and oxygen atoms in total. The maximum absolute atomic E-state index is 12.2. The third-order valence-electron chi connectivity index (χ3n) is 3.23. The summed E-state index contributed by atoms with van der Waals surface area (Å²) in [6, 6.07) is 7.24. The molecular weight excluding hydrogens is 290 g/mol. The molecule has 0 aliphatic rings. The topological polar surface area (TPSA) is 78.0 Å². The first-order valence-corrected chi connectivity index (χ1v) is 7.18. The first kappa shape index (κ1) is 15.5. The van der Waals surface area contributed by atoms with Gasteiger partial charge in [0.25, 0.3) is 5.91 Å². The normalized spacial score (nSPS) is 12.1. The Kier molecular flexibility index (Phi) is 5.36. The Hall–Kier alpha value is -1.85. The molecule has 1 aromatic heterocycles. The van der Waals surface area contributed by atoms with Crippen LogP contribution in [0.4, 0.5) is 0 Å². The van der Waals surface area contributed by atoms with Crippen molar-refractivity contribution in [1.29, 1.82) is 0 Å². The minimum absolute atomic E-state index is 0.122. The zero-order chi connectivity index (χ0) is 15.2. The van der Waals surface area contributed by atoms with Crippen LogP contribution >= 0.6 is 11.6 Å². The van der Waals surface area contributed by atoms with E-state index in [1.807, 2.05) is 19.1 Å². The number of aromatic amines is 1. The van der Waals surface area contributed by atoms with Crippen molar-refractivity contribution < 1.29 is 9.90 Å². The van der Waals surface area contributed by atoms with Gasteiger partial charge in [-0.05, 0) is 24.5 Å². The van der Waals surface area contributed by atoms with Gasteiger partial charge in [0.1, 0.15) is 0 Å². The quantitative estimate of drug-likeness (QED) is 0.767. The van der Waals surface area contributed by atoms with Gasteiger partial charge in [-0.25, -0.2) is 0 Å². The molecule has 1 aromatic carbocycles. The molecule has 1 atom stereocenters. The highest BCUT2D eigenvalue weighted by atomic mass is 35.5. The molecule has 0 saturated carbocycles. The van der Waals surface area contributed by atoms with Gasteiger partial charge in [-0.15, -0.1) is 0 Å². The number of aliphatic hydroxyl groups excluding tert-OH is 1. The van der Waals surface area contributed by atoms with Gasteiger partial charge in [-0.1, -0.05) is 30.7 Å². The summed E-state index contributed by atoms with van der Waals surface area (Å²) in [5.74, 6) is 0.0315.